The van der Waals surface area contributed by atoms with E-state index in [1.807, 2.05) is 6.92 Å². The molecule has 0 spiro atoms. The van der Waals surface area contributed by atoms with Crippen LogP contribution in [-0.2, 0) is 10.0 Å². The van der Waals surface area contributed by atoms with Gasteiger partial charge in [-0.25, -0.2) is 8.42 Å². The van der Waals surface area contributed by atoms with Crippen LogP contribution in [0.5, 0.6) is 0 Å². The molecule has 4 nitrogen and oxygen atoms in total. The van der Waals surface area contributed by atoms with E-state index in [9.17, 15) is 8.42 Å². The van der Waals surface area contributed by atoms with E-state index < -0.39 is 10.0 Å². The van der Waals surface area contributed by atoms with E-state index >= 15 is 0 Å². The minimum absolute atomic E-state index is 0.258. The summed E-state index contributed by atoms with van der Waals surface area (Å²) < 4.78 is 27.4. The molecule has 1 aromatic heterocycles. The van der Waals surface area contributed by atoms with E-state index in [4.69, 9.17) is 0 Å². The van der Waals surface area contributed by atoms with Crippen molar-refractivity contribution in [2.24, 2.45) is 0 Å². The van der Waals surface area contributed by atoms with E-state index in [0.717, 1.165) is 5.56 Å². The summed E-state index contributed by atoms with van der Waals surface area (Å²) in [6, 6.07) is 8.65. The summed E-state index contributed by atoms with van der Waals surface area (Å²) >= 11 is 3.33. The first-order valence-corrected chi connectivity index (χ1v) is 8.39. The highest BCUT2D eigenvalue weighted by Gasteiger charge is 2.25. The zero-order valence-corrected chi connectivity index (χ0v) is 13.6. The molecule has 2 rings (SSSR count). The Morgan fingerprint density at radius 1 is 1.30 bits per heavy atom. The van der Waals surface area contributed by atoms with Gasteiger partial charge in [-0.3, -0.25) is 9.29 Å². The standard InChI is InChI=1S/C14H15BrN2O2S/c1-3-17(12-5-4-8-16-10-12)20(18,19)14-7-6-11(2)9-13(14)15/h4-10H,3H2,1-2H3. The number of halogens is 1. The third-order valence-corrected chi connectivity index (χ3v) is 5.76. The highest BCUT2D eigenvalue weighted by Crippen LogP contribution is 2.28. The molecule has 0 aliphatic heterocycles. The Hall–Kier alpha value is -1.40. The lowest BCUT2D eigenvalue weighted by Gasteiger charge is -2.23. The van der Waals surface area contributed by atoms with E-state index in [1.54, 1.807) is 49.6 Å². The first kappa shape index (κ1) is 15.0. The topological polar surface area (TPSA) is 50.3 Å². The van der Waals surface area contributed by atoms with Crippen LogP contribution in [0.25, 0.3) is 0 Å². The van der Waals surface area contributed by atoms with E-state index in [-0.39, 0.29) is 4.90 Å². The van der Waals surface area contributed by atoms with Crippen molar-refractivity contribution in [2.75, 3.05) is 10.8 Å². The molecule has 0 atom stereocenters. The molecule has 6 heteroatoms. The normalized spacial score (nSPS) is 11.3. The van der Waals surface area contributed by atoms with Gasteiger partial charge in [0.15, 0.2) is 0 Å². The van der Waals surface area contributed by atoms with Crippen LogP contribution < -0.4 is 4.31 Å². The summed E-state index contributed by atoms with van der Waals surface area (Å²) in [5.41, 5.74) is 1.56. The lowest BCUT2D eigenvalue weighted by atomic mass is 10.2. The van der Waals surface area contributed by atoms with Crippen molar-refractivity contribution in [3.8, 4) is 0 Å². The molecule has 2 aromatic rings. The fraction of sp³-hybridized carbons (Fsp3) is 0.214. The van der Waals surface area contributed by atoms with Crippen molar-refractivity contribution in [3.05, 3.63) is 52.8 Å². The molecule has 0 bridgehead atoms. The van der Waals surface area contributed by atoms with Crippen LogP contribution in [0.1, 0.15) is 12.5 Å². The van der Waals surface area contributed by atoms with Crippen LogP contribution >= 0.6 is 15.9 Å². The second-order valence-corrected chi connectivity index (χ2v) is 7.00. The fourth-order valence-corrected chi connectivity index (χ4v) is 4.54. The van der Waals surface area contributed by atoms with Gasteiger partial charge in [0, 0.05) is 17.2 Å². The molecule has 0 saturated carbocycles. The van der Waals surface area contributed by atoms with Gasteiger partial charge in [-0.05, 0) is 59.6 Å². The molecule has 0 amide bonds. The van der Waals surface area contributed by atoms with Crippen molar-refractivity contribution >= 4 is 31.6 Å². The Balaban J connectivity index is 2.53. The predicted molar refractivity (Wildman–Crippen MR) is 83.3 cm³/mol. The number of aryl methyl sites for hydroxylation is 1. The Bertz CT molecular complexity index is 702. The molecule has 0 N–H and O–H groups in total. The van der Waals surface area contributed by atoms with Crippen molar-refractivity contribution in [1.82, 2.24) is 4.98 Å². The maximum atomic E-state index is 12.8. The quantitative estimate of drug-likeness (QED) is 0.845. The van der Waals surface area contributed by atoms with Gasteiger partial charge in [-0.1, -0.05) is 6.07 Å². The van der Waals surface area contributed by atoms with Gasteiger partial charge in [0.05, 0.1) is 11.9 Å². The van der Waals surface area contributed by atoms with Crippen LogP contribution in [0, 0.1) is 6.92 Å². The molecule has 20 heavy (non-hydrogen) atoms. The summed E-state index contributed by atoms with van der Waals surface area (Å²) in [6.07, 6.45) is 3.16. The SMILES string of the molecule is CCN(c1cccnc1)S(=O)(=O)c1ccc(C)cc1Br. The number of aromatic nitrogens is 1. The number of hydrogen-bond donors (Lipinski definition) is 0. The third kappa shape index (κ3) is 2.86. The predicted octanol–water partition coefficient (Wildman–Crippen LogP) is 3.37. The number of anilines is 1. The number of hydrogen-bond acceptors (Lipinski definition) is 3. The molecule has 0 radical (unpaired) electrons. The maximum Gasteiger partial charge on any atom is 0.265 e. The molecule has 0 unspecified atom stereocenters. The number of sulfonamides is 1. The first-order chi connectivity index (χ1) is 9.46. The van der Waals surface area contributed by atoms with Crippen LogP contribution in [0.3, 0.4) is 0 Å². The van der Waals surface area contributed by atoms with Crippen LogP contribution in [-0.4, -0.2) is 19.9 Å². The Morgan fingerprint density at radius 2 is 2.05 bits per heavy atom. The number of nitrogens with zero attached hydrogens (tertiary/aromatic N) is 2. The van der Waals surface area contributed by atoms with Gasteiger partial charge in [0.25, 0.3) is 10.0 Å². The second-order valence-electron chi connectivity index (χ2n) is 4.31. The minimum atomic E-state index is -3.61. The van der Waals surface area contributed by atoms with Gasteiger partial charge in [-0.2, -0.15) is 0 Å². The monoisotopic (exact) mass is 354 g/mol. The number of benzene rings is 1. The average molecular weight is 355 g/mol. The van der Waals surface area contributed by atoms with Crippen molar-refractivity contribution in [2.45, 2.75) is 18.7 Å². The lowest BCUT2D eigenvalue weighted by Crippen LogP contribution is -2.31. The van der Waals surface area contributed by atoms with Crippen LogP contribution in [0.4, 0.5) is 5.69 Å². The number of rotatable bonds is 4. The minimum Gasteiger partial charge on any atom is -0.265 e. The number of pyridine rings is 1. The summed E-state index contributed by atoms with van der Waals surface area (Å²) in [5.74, 6) is 0. The van der Waals surface area contributed by atoms with E-state index in [0.29, 0.717) is 16.7 Å². The molecule has 1 aromatic carbocycles. The Labute approximate surface area is 127 Å². The molecule has 0 fully saturated rings. The molecular formula is C14H15BrN2O2S. The van der Waals surface area contributed by atoms with E-state index in [1.165, 1.54) is 4.31 Å². The fourth-order valence-electron chi connectivity index (χ4n) is 1.93. The van der Waals surface area contributed by atoms with Crippen LogP contribution in [0.2, 0.25) is 0 Å². The lowest BCUT2D eigenvalue weighted by molar-refractivity contribution is 0.591. The Morgan fingerprint density at radius 3 is 2.60 bits per heavy atom. The molecule has 0 saturated heterocycles. The van der Waals surface area contributed by atoms with Crippen molar-refractivity contribution < 1.29 is 8.42 Å². The zero-order valence-electron chi connectivity index (χ0n) is 11.2. The third-order valence-electron chi connectivity index (χ3n) is 2.88. The summed E-state index contributed by atoms with van der Waals surface area (Å²) in [6.45, 7) is 4.06. The molecular weight excluding hydrogens is 340 g/mol. The van der Waals surface area contributed by atoms with Gasteiger partial charge in [0.1, 0.15) is 4.90 Å². The molecule has 0 aliphatic carbocycles. The van der Waals surface area contributed by atoms with Gasteiger partial charge < -0.3 is 0 Å². The van der Waals surface area contributed by atoms with Crippen molar-refractivity contribution in [1.29, 1.82) is 0 Å². The summed E-state index contributed by atoms with van der Waals surface area (Å²) in [4.78, 5) is 4.24. The molecule has 0 aliphatic rings. The summed E-state index contributed by atoms with van der Waals surface area (Å²) in [5, 5.41) is 0. The van der Waals surface area contributed by atoms with Gasteiger partial charge >= 0.3 is 0 Å². The zero-order chi connectivity index (χ0) is 14.8. The average Bonchev–Trinajstić information content (AvgIpc) is 2.40. The highest BCUT2D eigenvalue weighted by molar-refractivity contribution is 9.10. The largest absolute Gasteiger partial charge is 0.265 e. The summed E-state index contributed by atoms with van der Waals surface area (Å²) in [7, 11) is -3.61. The van der Waals surface area contributed by atoms with Crippen molar-refractivity contribution in [3.63, 3.8) is 0 Å². The smallest absolute Gasteiger partial charge is 0.265 e. The molecule has 106 valence electrons. The first-order valence-electron chi connectivity index (χ1n) is 6.15. The second kappa shape index (κ2) is 5.93. The van der Waals surface area contributed by atoms with E-state index in [2.05, 4.69) is 20.9 Å². The van der Waals surface area contributed by atoms with Gasteiger partial charge in [0.2, 0.25) is 0 Å². The highest BCUT2D eigenvalue weighted by atomic mass is 79.9. The molecule has 1 heterocycles. The van der Waals surface area contributed by atoms with Gasteiger partial charge in [-0.15, -0.1) is 0 Å². The van der Waals surface area contributed by atoms with Crippen LogP contribution in [0.15, 0.2) is 52.1 Å². The Kier molecular flexibility index (Phi) is 4.45. The maximum absolute atomic E-state index is 12.8.